The summed E-state index contributed by atoms with van der Waals surface area (Å²) in [6.07, 6.45) is 0. The van der Waals surface area contributed by atoms with Gasteiger partial charge in [-0.05, 0) is 49.7 Å². The van der Waals surface area contributed by atoms with E-state index in [4.69, 9.17) is 0 Å². The molecule has 0 unspecified atom stereocenters. The summed E-state index contributed by atoms with van der Waals surface area (Å²) in [4.78, 5) is 11.4. The maximum atomic E-state index is 12.4. The molecule has 2 aromatic carbocycles. The van der Waals surface area contributed by atoms with E-state index >= 15 is 0 Å². The number of phenols is 1. The number of hydrogen-bond acceptors (Lipinski definition) is 5. The van der Waals surface area contributed by atoms with Gasteiger partial charge in [0.15, 0.2) is 0 Å². The molecule has 0 heterocycles. The number of methoxy groups -OCH3 is 1. The highest BCUT2D eigenvalue weighted by Crippen LogP contribution is 2.29. The average Bonchev–Trinajstić information content (AvgIpc) is 2.54. The highest BCUT2D eigenvalue weighted by atomic mass is 32.2. The van der Waals surface area contributed by atoms with Gasteiger partial charge in [0.05, 0.1) is 23.3 Å². The molecule has 0 bridgehead atoms. The number of nitrogens with one attached hydrogen (secondary N) is 1. The van der Waals surface area contributed by atoms with Crippen LogP contribution in [0.3, 0.4) is 0 Å². The van der Waals surface area contributed by atoms with Crippen LogP contribution in [0.2, 0.25) is 0 Å². The summed E-state index contributed by atoms with van der Waals surface area (Å²) in [5.74, 6) is -0.493. The van der Waals surface area contributed by atoms with Crippen LogP contribution in [-0.2, 0) is 14.8 Å². The molecule has 2 N–H and O–H groups in total. The molecular weight excluding hydrogens is 318 g/mol. The lowest BCUT2D eigenvalue weighted by molar-refractivity contribution is 0.0600. The van der Waals surface area contributed by atoms with Crippen LogP contribution in [0.15, 0.2) is 41.3 Å². The molecular formula is C16H17NO5S. The maximum Gasteiger partial charge on any atom is 0.337 e. The topological polar surface area (TPSA) is 92.7 Å². The smallest absolute Gasteiger partial charge is 0.337 e. The predicted molar refractivity (Wildman–Crippen MR) is 86.2 cm³/mol. The van der Waals surface area contributed by atoms with Crippen molar-refractivity contribution in [3.63, 3.8) is 0 Å². The third-order valence-corrected chi connectivity index (χ3v) is 4.84. The zero-order valence-corrected chi connectivity index (χ0v) is 13.8. The summed E-state index contributed by atoms with van der Waals surface area (Å²) in [5, 5.41) is 9.89. The number of anilines is 1. The van der Waals surface area contributed by atoms with Gasteiger partial charge in [-0.15, -0.1) is 0 Å². The van der Waals surface area contributed by atoms with Crippen molar-refractivity contribution in [3.05, 3.63) is 53.1 Å². The van der Waals surface area contributed by atoms with Gasteiger partial charge in [-0.1, -0.05) is 6.07 Å². The van der Waals surface area contributed by atoms with E-state index < -0.39 is 16.0 Å². The van der Waals surface area contributed by atoms with Crippen molar-refractivity contribution in [1.82, 2.24) is 0 Å². The second-order valence-corrected chi connectivity index (χ2v) is 6.71. The summed E-state index contributed by atoms with van der Waals surface area (Å²) in [5.41, 5.74) is 1.66. The number of carbonyl (C=O) groups is 1. The molecule has 0 aromatic heterocycles. The molecule has 0 amide bonds. The van der Waals surface area contributed by atoms with Gasteiger partial charge in [-0.2, -0.15) is 0 Å². The Bertz CT molecular complexity index is 842. The largest absolute Gasteiger partial charge is 0.507 e. The fraction of sp³-hybridized carbons (Fsp3) is 0.188. The number of aryl methyl sites for hydroxylation is 1. The van der Waals surface area contributed by atoms with Crippen LogP contribution >= 0.6 is 0 Å². The van der Waals surface area contributed by atoms with Crippen molar-refractivity contribution in [3.8, 4) is 5.75 Å². The van der Waals surface area contributed by atoms with Crippen molar-refractivity contribution < 1.29 is 23.1 Å². The van der Waals surface area contributed by atoms with E-state index in [9.17, 15) is 18.3 Å². The quantitative estimate of drug-likeness (QED) is 0.838. The monoisotopic (exact) mass is 335 g/mol. The highest BCUT2D eigenvalue weighted by Gasteiger charge is 2.17. The average molecular weight is 335 g/mol. The number of carbonyl (C=O) groups excluding carboxylic acids is 1. The van der Waals surface area contributed by atoms with Gasteiger partial charge < -0.3 is 9.84 Å². The van der Waals surface area contributed by atoms with Gasteiger partial charge in [0.2, 0.25) is 0 Å². The second kappa shape index (κ2) is 6.29. The molecule has 6 nitrogen and oxygen atoms in total. The summed E-state index contributed by atoms with van der Waals surface area (Å²) in [6.45, 7) is 3.35. The van der Waals surface area contributed by atoms with Crippen molar-refractivity contribution in [2.75, 3.05) is 11.8 Å². The van der Waals surface area contributed by atoms with Crippen LogP contribution in [0.4, 0.5) is 5.69 Å². The predicted octanol–water partition coefficient (Wildman–Crippen LogP) is 2.60. The summed E-state index contributed by atoms with van der Waals surface area (Å²) in [6, 6.07) is 8.60. The Morgan fingerprint density at radius 3 is 2.26 bits per heavy atom. The van der Waals surface area contributed by atoms with Crippen LogP contribution in [-0.4, -0.2) is 26.6 Å². The van der Waals surface area contributed by atoms with Crippen molar-refractivity contribution >= 4 is 21.7 Å². The molecule has 2 aromatic rings. The minimum Gasteiger partial charge on any atom is -0.507 e. The number of benzene rings is 2. The molecule has 0 saturated carbocycles. The molecule has 0 aliphatic rings. The fourth-order valence-corrected chi connectivity index (χ4v) is 3.16. The van der Waals surface area contributed by atoms with Crippen molar-refractivity contribution in [2.45, 2.75) is 18.7 Å². The Balaban J connectivity index is 2.32. The van der Waals surface area contributed by atoms with Gasteiger partial charge in [-0.25, -0.2) is 13.2 Å². The number of hydrogen-bond donors (Lipinski definition) is 2. The first-order valence-corrected chi connectivity index (χ1v) is 8.25. The Hall–Kier alpha value is -2.54. The van der Waals surface area contributed by atoms with E-state index in [1.807, 2.05) is 0 Å². The minimum absolute atomic E-state index is 0.00428. The standard InChI is InChI=1S/C16H17NO5S/c1-10-4-9-14(11(2)15(10)18)17-23(20,21)13-7-5-12(6-8-13)16(19)22-3/h4-9,17-18H,1-3H3. The van der Waals surface area contributed by atoms with E-state index in [1.54, 1.807) is 26.0 Å². The molecule has 2 rings (SSSR count). The number of ether oxygens (including phenoxy) is 1. The Morgan fingerprint density at radius 2 is 1.70 bits per heavy atom. The molecule has 0 saturated heterocycles. The molecule has 0 radical (unpaired) electrons. The number of rotatable bonds is 4. The molecule has 0 fully saturated rings. The molecule has 23 heavy (non-hydrogen) atoms. The van der Waals surface area contributed by atoms with E-state index in [1.165, 1.54) is 31.4 Å². The van der Waals surface area contributed by atoms with Gasteiger partial charge in [0.1, 0.15) is 5.75 Å². The SMILES string of the molecule is COC(=O)c1ccc(S(=O)(=O)Nc2ccc(C)c(O)c2C)cc1. The van der Waals surface area contributed by atoms with Crippen LogP contribution in [0.5, 0.6) is 5.75 Å². The zero-order chi connectivity index (χ0) is 17.2. The molecule has 0 atom stereocenters. The molecule has 0 aliphatic heterocycles. The lowest BCUT2D eigenvalue weighted by atomic mass is 10.1. The van der Waals surface area contributed by atoms with Crippen molar-refractivity contribution in [2.24, 2.45) is 0 Å². The Labute approximate surface area is 134 Å². The van der Waals surface area contributed by atoms with Crippen LogP contribution < -0.4 is 4.72 Å². The number of phenolic OH excluding ortho intramolecular Hbond substituents is 1. The first kappa shape index (κ1) is 16.8. The summed E-state index contributed by atoms with van der Waals surface area (Å²) in [7, 11) is -2.58. The fourth-order valence-electron chi connectivity index (χ4n) is 2.04. The molecule has 7 heteroatoms. The lowest BCUT2D eigenvalue weighted by Gasteiger charge is -2.13. The first-order valence-electron chi connectivity index (χ1n) is 6.76. The van der Waals surface area contributed by atoms with Gasteiger partial charge in [0.25, 0.3) is 10.0 Å². The van der Waals surface area contributed by atoms with E-state index in [2.05, 4.69) is 9.46 Å². The second-order valence-electron chi connectivity index (χ2n) is 5.03. The van der Waals surface area contributed by atoms with Gasteiger partial charge in [0, 0.05) is 5.56 Å². The number of esters is 1. The van der Waals surface area contributed by atoms with Gasteiger partial charge in [-0.3, -0.25) is 4.72 Å². The Morgan fingerprint density at radius 1 is 1.09 bits per heavy atom. The molecule has 122 valence electrons. The van der Waals surface area contributed by atoms with Gasteiger partial charge >= 0.3 is 5.97 Å². The van der Waals surface area contributed by atoms with Crippen molar-refractivity contribution in [1.29, 1.82) is 0 Å². The number of sulfonamides is 1. The molecule has 0 spiro atoms. The lowest BCUT2D eigenvalue weighted by Crippen LogP contribution is -2.14. The normalized spacial score (nSPS) is 11.1. The summed E-state index contributed by atoms with van der Waals surface area (Å²) < 4.78 is 31.8. The van der Waals surface area contributed by atoms with Crippen LogP contribution in [0.25, 0.3) is 0 Å². The summed E-state index contributed by atoms with van der Waals surface area (Å²) >= 11 is 0. The van der Waals surface area contributed by atoms with E-state index in [0.717, 1.165) is 0 Å². The van der Waals surface area contributed by atoms with Crippen LogP contribution in [0, 0.1) is 13.8 Å². The minimum atomic E-state index is -3.83. The third kappa shape index (κ3) is 3.45. The first-order chi connectivity index (χ1) is 10.8. The maximum absolute atomic E-state index is 12.4. The highest BCUT2D eigenvalue weighted by molar-refractivity contribution is 7.92. The Kier molecular flexibility index (Phi) is 4.60. The third-order valence-electron chi connectivity index (χ3n) is 3.46. The number of aromatic hydroxyl groups is 1. The van der Waals surface area contributed by atoms with Crippen LogP contribution in [0.1, 0.15) is 21.5 Å². The molecule has 0 aliphatic carbocycles. The van der Waals surface area contributed by atoms with E-state index in [-0.39, 0.29) is 16.2 Å². The van der Waals surface area contributed by atoms with E-state index in [0.29, 0.717) is 16.8 Å². The zero-order valence-electron chi connectivity index (χ0n) is 13.0.